The van der Waals surface area contributed by atoms with Gasteiger partial charge in [-0.25, -0.2) is 14.4 Å². The summed E-state index contributed by atoms with van der Waals surface area (Å²) < 4.78 is 22.0. The van der Waals surface area contributed by atoms with Gasteiger partial charge in [-0.3, -0.25) is 4.79 Å². The Bertz CT molecular complexity index is 1240. The van der Waals surface area contributed by atoms with Crippen LogP contribution in [0.4, 0.5) is 0 Å². The molecule has 8 rings (SSSR count). The minimum Gasteiger partial charge on any atom is -0.458 e. The molecule has 7 aliphatic carbocycles. The van der Waals surface area contributed by atoms with Gasteiger partial charge in [-0.2, -0.15) is 0 Å². The van der Waals surface area contributed by atoms with E-state index in [2.05, 4.69) is 33.6 Å². The summed E-state index contributed by atoms with van der Waals surface area (Å²) in [6.07, 6.45) is 13.2. The summed E-state index contributed by atoms with van der Waals surface area (Å²) in [5.74, 6) is 2.75. The fourth-order valence-corrected chi connectivity index (χ4v) is 9.69. The van der Waals surface area contributed by atoms with Gasteiger partial charge in [0.25, 0.3) is 0 Å². The first kappa shape index (κ1) is 34.4. The molecule has 5 unspecified atom stereocenters. The van der Waals surface area contributed by atoms with E-state index in [1.165, 1.54) is 44.9 Å². The van der Waals surface area contributed by atoms with Crippen molar-refractivity contribution in [2.24, 2.45) is 41.4 Å². The predicted molar refractivity (Wildman–Crippen MR) is 173 cm³/mol. The largest absolute Gasteiger partial charge is 0.458 e. The van der Waals surface area contributed by atoms with Crippen molar-refractivity contribution >= 4 is 23.9 Å². The van der Waals surface area contributed by atoms with Crippen LogP contribution < -0.4 is 0 Å². The minimum absolute atomic E-state index is 0.0646. The molecule has 46 heavy (non-hydrogen) atoms. The van der Waals surface area contributed by atoms with Crippen LogP contribution in [0.3, 0.4) is 0 Å². The number of esters is 4. The lowest BCUT2D eigenvalue weighted by atomic mass is 9.50. The average molecular weight is 639 g/mol. The number of ether oxygens (including phenoxy) is 4. The molecule has 8 aliphatic rings. The fraction of sp³-hybridized carbons (Fsp3) is 0.737. The average Bonchev–Trinajstić information content (AvgIpc) is 3.76. The van der Waals surface area contributed by atoms with E-state index in [1.807, 2.05) is 0 Å². The molecule has 0 aromatic heterocycles. The molecule has 0 aromatic carbocycles. The lowest BCUT2D eigenvalue weighted by molar-refractivity contribution is -0.199. The molecule has 8 fully saturated rings. The Hall–Kier alpha value is -2.90. The summed E-state index contributed by atoms with van der Waals surface area (Å²) in [5, 5.41) is 0. The van der Waals surface area contributed by atoms with Crippen molar-refractivity contribution in [1.29, 1.82) is 0 Å². The van der Waals surface area contributed by atoms with Crippen LogP contribution in [0, 0.1) is 41.4 Å². The SMILES string of the molecule is C=C(C)C(=O)OC1(C)C2CC3CC(C2)CC1C3.C=C(C)C(=O)OC1(CC)CCCC1.C=C(C)C(=O)OC1C2CC3C(=O)OC1C3C2. The Labute approximate surface area is 274 Å². The molecule has 1 heterocycles. The van der Waals surface area contributed by atoms with Gasteiger partial charge in [0.1, 0.15) is 23.4 Å². The maximum Gasteiger partial charge on any atom is 0.333 e. The summed E-state index contributed by atoms with van der Waals surface area (Å²) in [6, 6.07) is 0. The molecule has 8 nitrogen and oxygen atoms in total. The Morgan fingerprint density at radius 3 is 1.80 bits per heavy atom. The van der Waals surface area contributed by atoms with E-state index in [-0.39, 0.29) is 59.1 Å². The molecule has 0 amide bonds. The number of carbonyl (C=O) groups is 4. The molecular formula is C38H54O8. The van der Waals surface area contributed by atoms with Gasteiger partial charge < -0.3 is 18.9 Å². The highest BCUT2D eigenvalue weighted by molar-refractivity contribution is 5.88. The van der Waals surface area contributed by atoms with E-state index in [0.29, 0.717) is 34.5 Å². The second-order valence-electron chi connectivity index (χ2n) is 15.6. The van der Waals surface area contributed by atoms with Crippen molar-refractivity contribution in [3.8, 4) is 0 Å². The van der Waals surface area contributed by atoms with Crippen LogP contribution in [0.1, 0.15) is 112 Å². The quantitative estimate of drug-likeness (QED) is 0.164. The first-order valence-corrected chi connectivity index (χ1v) is 17.5. The Morgan fingerprint density at radius 2 is 1.30 bits per heavy atom. The lowest BCUT2D eigenvalue weighted by Crippen LogP contribution is -2.58. The standard InChI is InChI=1S/C15H22O2.C12H14O4.C11H18O2/c1-9(2)14(16)17-15(3)12-5-10-4-11(7-12)8-13(15)6-10;1-5(2)11(13)15-9-6-3-7-8(4-6)12(14)16-10(7)9;1-4-11(7-5-6-8-11)13-10(12)9(2)3/h10-13H,1,4-8H2,2-3H3;6-10H,1,3-4H2,2H3;2,4-8H2,1,3H3. The molecule has 1 saturated heterocycles. The first-order valence-electron chi connectivity index (χ1n) is 17.5. The van der Waals surface area contributed by atoms with E-state index in [1.54, 1.807) is 20.8 Å². The third kappa shape index (κ3) is 6.73. The van der Waals surface area contributed by atoms with Crippen molar-refractivity contribution in [1.82, 2.24) is 0 Å². The minimum atomic E-state index is -0.378. The molecule has 0 radical (unpaired) electrons. The highest BCUT2D eigenvalue weighted by Gasteiger charge is 2.63. The van der Waals surface area contributed by atoms with Crippen molar-refractivity contribution in [3.63, 3.8) is 0 Å². The number of rotatable bonds is 7. The Morgan fingerprint density at radius 1 is 0.783 bits per heavy atom. The van der Waals surface area contributed by atoms with Crippen LogP contribution in [-0.4, -0.2) is 47.3 Å². The van der Waals surface area contributed by atoms with Gasteiger partial charge in [-0.05, 0) is 128 Å². The van der Waals surface area contributed by atoms with Crippen LogP contribution in [0.2, 0.25) is 0 Å². The first-order chi connectivity index (χ1) is 21.7. The van der Waals surface area contributed by atoms with Gasteiger partial charge in [-0.1, -0.05) is 26.7 Å². The van der Waals surface area contributed by atoms with Gasteiger partial charge in [0.05, 0.1) is 5.92 Å². The fourth-order valence-electron chi connectivity index (χ4n) is 9.69. The van der Waals surface area contributed by atoms with Crippen molar-refractivity contribution in [2.75, 3.05) is 0 Å². The second-order valence-corrected chi connectivity index (χ2v) is 15.6. The highest BCUT2D eigenvalue weighted by Crippen LogP contribution is 2.59. The zero-order valence-corrected chi connectivity index (χ0v) is 28.6. The molecular weight excluding hydrogens is 584 g/mol. The van der Waals surface area contributed by atoms with E-state index < -0.39 is 0 Å². The summed E-state index contributed by atoms with van der Waals surface area (Å²) in [4.78, 5) is 46.1. The Kier molecular flexibility index (Phi) is 9.96. The summed E-state index contributed by atoms with van der Waals surface area (Å²) >= 11 is 0. The molecule has 0 N–H and O–H groups in total. The third-order valence-electron chi connectivity index (χ3n) is 12.2. The van der Waals surface area contributed by atoms with E-state index in [9.17, 15) is 19.2 Å². The zero-order valence-electron chi connectivity index (χ0n) is 28.6. The van der Waals surface area contributed by atoms with Crippen LogP contribution in [0.25, 0.3) is 0 Å². The highest BCUT2D eigenvalue weighted by atomic mass is 16.6. The van der Waals surface area contributed by atoms with Gasteiger partial charge in [0.15, 0.2) is 0 Å². The van der Waals surface area contributed by atoms with Crippen LogP contribution in [0.5, 0.6) is 0 Å². The van der Waals surface area contributed by atoms with Crippen LogP contribution >= 0.6 is 0 Å². The number of hydrogen-bond donors (Lipinski definition) is 0. The smallest absolute Gasteiger partial charge is 0.333 e. The topological polar surface area (TPSA) is 105 Å². The molecule has 8 heteroatoms. The van der Waals surface area contributed by atoms with E-state index in [0.717, 1.165) is 43.9 Å². The van der Waals surface area contributed by atoms with Crippen LogP contribution in [0.15, 0.2) is 36.5 Å². The third-order valence-corrected chi connectivity index (χ3v) is 12.2. The number of carbonyl (C=O) groups excluding carboxylic acids is 4. The number of fused-ring (bicyclic) bond motifs is 1. The molecule has 254 valence electrons. The number of hydrogen-bond acceptors (Lipinski definition) is 8. The molecule has 6 bridgehead atoms. The van der Waals surface area contributed by atoms with E-state index in [4.69, 9.17) is 18.9 Å². The van der Waals surface area contributed by atoms with Crippen molar-refractivity contribution in [3.05, 3.63) is 36.5 Å². The molecule has 0 aromatic rings. The van der Waals surface area contributed by atoms with Gasteiger partial charge >= 0.3 is 23.9 Å². The maximum atomic E-state index is 11.8. The maximum absolute atomic E-state index is 11.8. The predicted octanol–water partition coefficient (Wildman–Crippen LogP) is 7.20. The van der Waals surface area contributed by atoms with Crippen molar-refractivity contribution in [2.45, 2.75) is 135 Å². The second kappa shape index (κ2) is 13.3. The van der Waals surface area contributed by atoms with Gasteiger partial charge in [0.2, 0.25) is 0 Å². The summed E-state index contributed by atoms with van der Waals surface area (Å²) in [6.45, 7) is 20.1. The van der Waals surface area contributed by atoms with Crippen molar-refractivity contribution < 1.29 is 38.1 Å². The van der Waals surface area contributed by atoms with Gasteiger partial charge in [-0.15, -0.1) is 0 Å². The molecule has 7 saturated carbocycles. The summed E-state index contributed by atoms with van der Waals surface area (Å²) in [5.41, 5.74) is 1.04. The zero-order chi connectivity index (χ0) is 33.6. The lowest BCUT2D eigenvalue weighted by Gasteiger charge is -2.59. The van der Waals surface area contributed by atoms with E-state index >= 15 is 0 Å². The van der Waals surface area contributed by atoms with Crippen LogP contribution in [-0.2, 0) is 38.1 Å². The molecule has 1 aliphatic heterocycles. The molecule has 0 spiro atoms. The summed E-state index contributed by atoms with van der Waals surface area (Å²) in [7, 11) is 0. The Balaban J connectivity index is 0.000000137. The van der Waals surface area contributed by atoms with Gasteiger partial charge in [0, 0.05) is 28.6 Å². The monoisotopic (exact) mass is 638 g/mol. The normalized spacial score (nSPS) is 38.0. The molecule has 5 atom stereocenters.